The normalized spacial score (nSPS) is 10.4. The molecule has 110 valence electrons. The lowest BCUT2D eigenvalue weighted by atomic mass is 10.1. The standard InChI is InChI=1S/C14H10F3NO3/c15-10-2-1-8(5-9(10)14(20)21)18-6-7-3-11(16)13(19)12(17)4-7/h1-5,18-19H,6H2,(H,20,21). The van der Waals surface area contributed by atoms with Gasteiger partial charge in [0.15, 0.2) is 17.4 Å². The molecule has 0 aliphatic carbocycles. The van der Waals surface area contributed by atoms with Crippen molar-refractivity contribution in [2.24, 2.45) is 0 Å². The molecule has 0 bridgehead atoms. The summed E-state index contributed by atoms with van der Waals surface area (Å²) in [5.74, 6) is -5.56. The quantitative estimate of drug-likeness (QED) is 0.811. The Bertz CT molecular complexity index is 681. The first-order valence-electron chi connectivity index (χ1n) is 5.82. The summed E-state index contributed by atoms with van der Waals surface area (Å²) in [4.78, 5) is 10.8. The largest absolute Gasteiger partial charge is 0.503 e. The zero-order valence-corrected chi connectivity index (χ0v) is 10.5. The highest BCUT2D eigenvalue weighted by Gasteiger charge is 2.12. The zero-order chi connectivity index (χ0) is 15.6. The van der Waals surface area contributed by atoms with Gasteiger partial charge in [0.25, 0.3) is 0 Å². The van der Waals surface area contributed by atoms with E-state index < -0.39 is 34.7 Å². The maximum atomic E-state index is 13.2. The Balaban J connectivity index is 2.17. The Hall–Kier alpha value is -2.70. The van der Waals surface area contributed by atoms with Gasteiger partial charge in [-0.1, -0.05) is 0 Å². The van der Waals surface area contributed by atoms with E-state index in [4.69, 9.17) is 10.2 Å². The summed E-state index contributed by atoms with van der Waals surface area (Å²) in [5, 5.41) is 20.5. The first-order valence-corrected chi connectivity index (χ1v) is 5.82. The number of carbonyl (C=O) groups is 1. The average Bonchev–Trinajstić information content (AvgIpc) is 2.43. The van der Waals surface area contributed by atoms with Crippen LogP contribution >= 0.6 is 0 Å². The lowest BCUT2D eigenvalue weighted by Gasteiger charge is -2.09. The molecule has 0 aromatic heterocycles. The van der Waals surface area contributed by atoms with E-state index in [0.29, 0.717) is 0 Å². The van der Waals surface area contributed by atoms with E-state index in [-0.39, 0.29) is 17.8 Å². The highest BCUT2D eigenvalue weighted by Crippen LogP contribution is 2.22. The van der Waals surface area contributed by atoms with Gasteiger partial charge < -0.3 is 15.5 Å². The number of carboxylic acid groups (broad SMARTS) is 1. The highest BCUT2D eigenvalue weighted by atomic mass is 19.1. The summed E-state index contributed by atoms with van der Waals surface area (Å²) in [6.45, 7) is -0.0290. The number of aromatic hydroxyl groups is 1. The van der Waals surface area contributed by atoms with Crippen LogP contribution in [-0.2, 0) is 6.54 Å². The van der Waals surface area contributed by atoms with Crippen molar-refractivity contribution in [3.8, 4) is 5.75 Å². The number of hydrogen-bond acceptors (Lipinski definition) is 3. The second-order valence-electron chi connectivity index (χ2n) is 4.26. The van der Waals surface area contributed by atoms with Gasteiger partial charge in [-0.05, 0) is 35.9 Å². The maximum Gasteiger partial charge on any atom is 0.338 e. The molecule has 0 saturated heterocycles. The molecule has 0 aliphatic rings. The minimum Gasteiger partial charge on any atom is -0.503 e. The zero-order valence-electron chi connectivity index (χ0n) is 10.5. The van der Waals surface area contributed by atoms with E-state index in [0.717, 1.165) is 24.3 Å². The average molecular weight is 297 g/mol. The van der Waals surface area contributed by atoms with Crippen molar-refractivity contribution in [2.45, 2.75) is 6.54 Å². The van der Waals surface area contributed by atoms with Gasteiger partial charge >= 0.3 is 5.97 Å². The minimum atomic E-state index is -1.42. The number of aromatic carboxylic acids is 1. The molecule has 7 heteroatoms. The monoisotopic (exact) mass is 297 g/mol. The SMILES string of the molecule is O=C(O)c1cc(NCc2cc(F)c(O)c(F)c2)ccc1F. The lowest BCUT2D eigenvalue weighted by molar-refractivity contribution is 0.0692. The fourth-order valence-corrected chi connectivity index (χ4v) is 1.72. The lowest BCUT2D eigenvalue weighted by Crippen LogP contribution is -2.05. The maximum absolute atomic E-state index is 13.2. The number of benzene rings is 2. The second-order valence-corrected chi connectivity index (χ2v) is 4.26. The Kier molecular flexibility index (Phi) is 4.02. The number of nitrogens with one attached hydrogen (secondary N) is 1. The van der Waals surface area contributed by atoms with Crippen molar-refractivity contribution in [1.29, 1.82) is 0 Å². The summed E-state index contributed by atoms with van der Waals surface area (Å²) in [5.41, 5.74) is -0.0326. The topological polar surface area (TPSA) is 69.6 Å². The van der Waals surface area contributed by atoms with Gasteiger partial charge in [-0.2, -0.15) is 0 Å². The van der Waals surface area contributed by atoms with Crippen molar-refractivity contribution in [3.05, 3.63) is 58.9 Å². The fraction of sp³-hybridized carbons (Fsp3) is 0.0714. The third kappa shape index (κ3) is 3.25. The molecular weight excluding hydrogens is 287 g/mol. The molecule has 0 atom stereocenters. The van der Waals surface area contributed by atoms with Crippen LogP contribution in [0.15, 0.2) is 30.3 Å². The van der Waals surface area contributed by atoms with E-state index in [1.54, 1.807) is 0 Å². The van der Waals surface area contributed by atoms with Crippen molar-refractivity contribution in [3.63, 3.8) is 0 Å². The summed E-state index contributed by atoms with van der Waals surface area (Å²) in [7, 11) is 0. The smallest absolute Gasteiger partial charge is 0.338 e. The van der Waals surface area contributed by atoms with Gasteiger partial charge in [0.2, 0.25) is 0 Å². The Labute approximate surface area is 117 Å². The molecule has 0 unspecified atom stereocenters. The van der Waals surface area contributed by atoms with Crippen LogP contribution in [0.4, 0.5) is 18.9 Å². The van der Waals surface area contributed by atoms with Gasteiger partial charge in [-0.15, -0.1) is 0 Å². The summed E-state index contributed by atoms with van der Waals surface area (Å²) in [6, 6.07) is 5.23. The Morgan fingerprint density at radius 1 is 1.05 bits per heavy atom. The van der Waals surface area contributed by atoms with Crippen LogP contribution in [0.3, 0.4) is 0 Å². The molecule has 0 heterocycles. The molecule has 0 aliphatic heterocycles. The molecule has 0 spiro atoms. The number of hydrogen-bond donors (Lipinski definition) is 3. The number of phenolic OH excluding ortho intramolecular Hbond substituents is 1. The number of rotatable bonds is 4. The van der Waals surface area contributed by atoms with Crippen LogP contribution in [0, 0.1) is 17.5 Å². The van der Waals surface area contributed by atoms with Crippen LogP contribution in [-0.4, -0.2) is 16.2 Å². The van der Waals surface area contributed by atoms with Gasteiger partial charge in [0, 0.05) is 12.2 Å². The Morgan fingerprint density at radius 2 is 1.67 bits per heavy atom. The number of carboxylic acids is 1. The van der Waals surface area contributed by atoms with Gasteiger partial charge in [0.05, 0.1) is 5.56 Å². The molecule has 2 aromatic rings. The van der Waals surface area contributed by atoms with Crippen LogP contribution in [0.2, 0.25) is 0 Å². The molecular formula is C14H10F3NO3. The number of anilines is 1. The third-order valence-electron chi connectivity index (χ3n) is 2.77. The summed E-state index contributed by atoms with van der Waals surface area (Å²) >= 11 is 0. The van der Waals surface area contributed by atoms with Crippen LogP contribution in [0.5, 0.6) is 5.75 Å². The van der Waals surface area contributed by atoms with Crippen molar-refractivity contribution >= 4 is 11.7 Å². The summed E-state index contributed by atoms with van der Waals surface area (Å²) in [6.07, 6.45) is 0. The first-order chi connectivity index (χ1) is 9.88. The fourth-order valence-electron chi connectivity index (χ4n) is 1.72. The van der Waals surface area contributed by atoms with Crippen LogP contribution in [0.1, 0.15) is 15.9 Å². The Morgan fingerprint density at radius 3 is 2.24 bits per heavy atom. The molecule has 0 radical (unpaired) electrons. The molecule has 3 N–H and O–H groups in total. The van der Waals surface area contributed by atoms with E-state index in [2.05, 4.69) is 5.32 Å². The predicted octanol–water partition coefficient (Wildman–Crippen LogP) is 3.12. The highest BCUT2D eigenvalue weighted by molar-refractivity contribution is 5.89. The predicted molar refractivity (Wildman–Crippen MR) is 68.7 cm³/mol. The number of halogens is 3. The van der Waals surface area contributed by atoms with Crippen LogP contribution < -0.4 is 5.32 Å². The van der Waals surface area contributed by atoms with Gasteiger partial charge in [0.1, 0.15) is 5.82 Å². The molecule has 21 heavy (non-hydrogen) atoms. The first kappa shape index (κ1) is 14.7. The van der Waals surface area contributed by atoms with Crippen LogP contribution in [0.25, 0.3) is 0 Å². The summed E-state index contributed by atoms with van der Waals surface area (Å²) < 4.78 is 39.5. The van der Waals surface area contributed by atoms with Gasteiger partial charge in [-0.25, -0.2) is 18.0 Å². The molecule has 2 rings (SSSR count). The van der Waals surface area contributed by atoms with E-state index in [9.17, 15) is 18.0 Å². The third-order valence-corrected chi connectivity index (χ3v) is 2.77. The van der Waals surface area contributed by atoms with Gasteiger partial charge in [-0.3, -0.25) is 0 Å². The molecule has 0 saturated carbocycles. The molecule has 2 aromatic carbocycles. The van der Waals surface area contributed by atoms with E-state index in [1.165, 1.54) is 6.07 Å². The molecule has 0 fully saturated rings. The second kappa shape index (κ2) is 5.74. The molecule has 4 nitrogen and oxygen atoms in total. The van der Waals surface area contributed by atoms with Crippen molar-refractivity contribution in [2.75, 3.05) is 5.32 Å². The van der Waals surface area contributed by atoms with E-state index >= 15 is 0 Å². The van der Waals surface area contributed by atoms with Crippen molar-refractivity contribution < 1.29 is 28.2 Å². The number of phenols is 1. The molecule has 0 amide bonds. The van der Waals surface area contributed by atoms with E-state index in [1.807, 2.05) is 0 Å². The minimum absolute atomic E-state index is 0.0290. The van der Waals surface area contributed by atoms with Crippen molar-refractivity contribution in [1.82, 2.24) is 0 Å².